The minimum absolute atomic E-state index is 0.00671. The molecule has 0 bridgehead atoms. The molecule has 1 aromatic rings. The fraction of sp³-hybridized carbons (Fsp3) is 0.444. The van der Waals surface area contributed by atoms with Crippen molar-refractivity contribution in [2.75, 3.05) is 5.32 Å². The number of thiophene rings is 1. The summed E-state index contributed by atoms with van der Waals surface area (Å²) in [6.45, 7) is 1.97. The molecule has 4 heteroatoms. The van der Waals surface area contributed by atoms with Crippen molar-refractivity contribution in [3.05, 3.63) is 16.8 Å². The number of anilines is 1. The third-order valence-corrected chi connectivity index (χ3v) is 2.46. The van der Waals surface area contributed by atoms with Gasteiger partial charge in [0, 0.05) is 17.8 Å². The van der Waals surface area contributed by atoms with Crippen LogP contribution in [-0.2, 0) is 4.79 Å². The van der Waals surface area contributed by atoms with Crippen molar-refractivity contribution in [3.8, 4) is 0 Å². The molecule has 1 atom stereocenters. The van der Waals surface area contributed by atoms with E-state index in [-0.39, 0.29) is 11.9 Å². The Morgan fingerprint density at radius 3 is 3.08 bits per heavy atom. The molecular formula is C9H14N2OS. The highest BCUT2D eigenvalue weighted by Gasteiger charge is 2.07. The van der Waals surface area contributed by atoms with E-state index in [1.807, 2.05) is 23.8 Å². The summed E-state index contributed by atoms with van der Waals surface area (Å²) in [5.74, 6) is -0.00671. The van der Waals surface area contributed by atoms with Gasteiger partial charge in [-0.1, -0.05) is 6.92 Å². The van der Waals surface area contributed by atoms with Crippen LogP contribution in [0.25, 0.3) is 0 Å². The minimum Gasteiger partial charge on any atom is -0.327 e. The molecule has 1 unspecified atom stereocenters. The van der Waals surface area contributed by atoms with Gasteiger partial charge in [0.25, 0.3) is 0 Å². The van der Waals surface area contributed by atoms with E-state index >= 15 is 0 Å². The van der Waals surface area contributed by atoms with E-state index in [1.54, 1.807) is 11.3 Å². The van der Waals surface area contributed by atoms with Gasteiger partial charge in [0.05, 0.1) is 5.69 Å². The molecule has 3 nitrogen and oxygen atoms in total. The predicted molar refractivity (Wildman–Crippen MR) is 55.8 cm³/mol. The summed E-state index contributed by atoms with van der Waals surface area (Å²) in [6.07, 6.45) is 1.23. The number of carbonyl (C=O) groups excluding carboxylic acids is 1. The summed E-state index contributed by atoms with van der Waals surface area (Å²) in [5.41, 5.74) is 6.50. The molecule has 1 rings (SSSR count). The maximum Gasteiger partial charge on any atom is 0.225 e. The van der Waals surface area contributed by atoms with Gasteiger partial charge in [0.1, 0.15) is 0 Å². The van der Waals surface area contributed by atoms with Gasteiger partial charge in [0.15, 0.2) is 0 Å². The number of carbonyl (C=O) groups is 1. The van der Waals surface area contributed by atoms with Gasteiger partial charge >= 0.3 is 0 Å². The largest absolute Gasteiger partial charge is 0.327 e. The summed E-state index contributed by atoms with van der Waals surface area (Å²) < 4.78 is 0. The molecule has 13 heavy (non-hydrogen) atoms. The molecule has 0 saturated carbocycles. The van der Waals surface area contributed by atoms with E-state index < -0.39 is 0 Å². The fourth-order valence-corrected chi connectivity index (χ4v) is 1.52. The smallest absolute Gasteiger partial charge is 0.225 e. The van der Waals surface area contributed by atoms with E-state index in [0.717, 1.165) is 12.1 Å². The summed E-state index contributed by atoms with van der Waals surface area (Å²) in [5, 5.41) is 6.60. The monoisotopic (exact) mass is 198 g/mol. The average molecular weight is 198 g/mol. The lowest BCUT2D eigenvalue weighted by atomic mass is 10.1. The first kappa shape index (κ1) is 10.2. The van der Waals surface area contributed by atoms with Crippen molar-refractivity contribution in [2.45, 2.75) is 25.8 Å². The Bertz CT molecular complexity index is 259. The fourth-order valence-electron chi connectivity index (χ4n) is 0.930. The number of amides is 1. The predicted octanol–water partition coefficient (Wildman–Crippen LogP) is 1.81. The normalized spacial score (nSPS) is 12.5. The second-order valence-corrected chi connectivity index (χ2v) is 3.71. The molecule has 3 N–H and O–H groups in total. The molecule has 72 valence electrons. The standard InChI is InChI=1S/C9H14N2OS/c1-2-7(10)5-9(12)11-8-3-4-13-6-8/h3-4,6-7H,2,5,10H2,1H3,(H,11,12). The zero-order chi connectivity index (χ0) is 9.68. The molecular weight excluding hydrogens is 184 g/mol. The maximum atomic E-state index is 11.3. The second kappa shape index (κ2) is 4.99. The van der Waals surface area contributed by atoms with Crippen LogP contribution >= 0.6 is 11.3 Å². The Balaban J connectivity index is 2.34. The molecule has 1 amide bonds. The molecule has 0 radical (unpaired) electrons. The van der Waals surface area contributed by atoms with Gasteiger partial charge in [-0.15, -0.1) is 0 Å². The third-order valence-electron chi connectivity index (χ3n) is 1.78. The first-order valence-electron chi connectivity index (χ1n) is 4.30. The molecule has 0 aliphatic rings. The van der Waals surface area contributed by atoms with Crippen LogP contribution in [0.1, 0.15) is 19.8 Å². The molecule has 0 saturated heterocycles. The molecule has 0 aliphatic carbocycles. The molecule has 0 aliphatic heterocycles. The summed E-state index contributed by atoms with van der Waals surface area (Å²) in [6, 6.07) is 1.85. The number of hydrogen-bond acceptors (Lipinski definition) is 3. The molecule has 1 heterocycles. The van der Waals surface area contributed by atoms with Gasteiger partial charge in [-0.25, -0.2) is 0 Å². The average Bonchev–Trinajstić information content (AvgIpc) is 2.56. The van der Waals surface area contributed by atoms with Crippen molar-refractivity contribution >= 4 is 22.9 Å². The SMILES string of the molecule is CCC(N)CC(=O)Nc1ccsc1. The Labute approximate surface area is 81.9 Å². The number of nitrogens with two attached hydrogens (primary N) is 1. The van der Waals surface area contributed by atoms with Gasteiger partial charge in [-0.05, 0) is 17.9 Å². The highest BCUT2D eigenvalue weighted by atomic mass is 32.1. The topological polar surface area (TPSA) is 55.1 Å². The first-order valence-corrected chi connectivity index (χ1v) is 5.24. The van der Waals surface area contributed by atoms with E-state index in [2.05, 4.69) is 5.32 Å². The Kier molecular flexibility index (Phi) is 3.92. The molecule has 1 aromatic heterocycles. The Morgan fingerprint density at radius 2 is 2.54 bits per heavy atom. The van der Waals surface area contributed by atoms with Crippen LogP contribution in [0.5, 0.6) is 0 Å². The summed E-state index contributed by atoms with van der Waals surface area (Å²) in [4.78, 5) is 11.3. The van der Waals surface area contributed by atoms with Crippen molar-refractivity contribution in [3.63, 3.8) is 0 Å². The maximum absolute atomic E-state index is 11.3. The van der Waals surface area contributed by atoms with E-state index in [0.29, 0.717) is 6.42 Å². The summed E-state index contributed by atoms with van der Waals surface area (Å²) >= 11 is 1.56. The van der Waals surface area contributed by atoms with Crippen LogP contribution in [0.4, 0.5) is 5.69 Å². The molecule has 0 aromatic carbocycles. The van der Waals surface area contributed by atoms with E-state index in [4.69, 9.17) is 5.73 Å². The van der Waals surface area contributed by atoms with E-state index in [9.17, 15) is 4.79 Å². The molecule has 0 spiro atoms. The zero-order valence-corrected chi connectivity index (χ0v) is 8.43. The summed E-state index contributed by atoms with van der Waals surface area (Å²) in [7, 11) is 0. The highest BCUT2D eigenvalue weighted by molar-refractivity contribution is 7.08. The molecule has 0 fully saturated rings. The number of rotatable bonds is 4. The van der Waals surface area contributed by atoms with Gasteiger partial charge < -0.3 is 11.1 Å². The Morgan fingerprint density at radius 1 is 1.77 bits per heavy atom. The van der Waals surface area contributed by atoms with Crippen LogP contribution in [-0.4, -0.2) is 11.9 Å². The lowest BCUT2D eigenvalue weighted by Gasteiger charge is -2.07. The lowest BCUT2D eigenvalue weighted by molar-refractivity contribution is -0.116. The van der Waals surface area contributed by atoms with Crippen LogP contribution in [0.3, 0.4) is 0 Å². The second-order valence-electron chi connectivity index (χ2n) is 2.93. The lowest BCUT2D eigenvalue weighted by Crippen LogP contribution is -2.26. The quantitative estimate of drug-likeness (QED) is 0.775. The number of nitrogens with one attached hydrogen (secondary N) is 1. The minimum atomic E-state index is -0.0290. The van der Waals surface area contributed by atoms with Crippen LogP contribution in [0, 0.1) is 0 Å². The van der Waals surface area contributed by atoms with Crippen LogP contribution in [0.2, 0.25) is 0 Å². The first-order chi connectivity index (χ1) is 6.22. The van der Waals surface area contributed by atoms with Crippen LogP contribution < -0.4 is 11.1 Å². The van der Waals surface area contributed by atoms with Crippen molar-refractivity contribution in [1.29, 1.82) is 0 Å². The van der Waals surface area contributed by atoms with Crippen molar-refractivity contribution in [2.24, 2.45) is 5.73 Å². The Hall–Kier alpha value is -0.870. The van der Waals surface area contributed by atoms with Crippen LogP contribution in [0.15, 0.2) is 16.8 Å². The zero-order valence-electron chi connectivity index (χ0n) is 7.62. The highest BCUT2D eigenvalue weighted by Crippen LogP contribution is 2.12. The third kappa shape index (κ3) is 3.57. The van der Waals surface area contributed by atoms with Gasteiger partial charge in [-0.3, -0.25) is 4.79 Å². The number of hydrogen-bond donors (Lipinski definition) is 2. The van der Waals surface area contributed by atoms with Gasteiger partial charge in [0.2, 0.25) is 5.91 Å². The van der Waals surface area contributed by atoms with E-state index in [1.165, 1.54) is 0 Å². The van der Waals surface area contributed by atoms with Gasteiger partial charge in [-0.2, -0.15) is 11.3 Å². The van der Waals surface area contributed by atoms with Crippen molar-refractivity contribution < 1.29 is 4.79 Å². The van der Waals surface area contributed by atoms with Crippen molar-refractivity contribution in [1.82, 2.24) is 0 Å².